The Hall–Kier alpha value is -2.41. The van der Waals surface area contributed by atoms with Gasteiger partial charge in [-0.3, -0.25) is 14.9 Å². The van der Waals surface area contributed by atoms with Gasteiger partial charge in [0.1, 0.15) is 5.60 Å². The smallest absolute Gasteiger partial charge is 0.410 e. The standard InChI is InChI=1S/C26H37N3O4/c1-26(2,3)33-25(32)29-16-12-21(13-17-29)28-14-10-19(11-15-28)18-4-6-20(7-5-18)22-8-9-23(30)27-24(22)31/h4-7,19,21-22H,8-17H2,1-3H3,(H,27,30,31). The minimum atomic E-state index is -0.449. The monoisotopic (exact) mass is 455 g/mol. The first-order chi connectivity index (χ1) is 15.7. The maximum Gasteiger partial charge on any atom is 0.410 e. The van der Waals surface area contributed by atoms with E-state index in [0.717, 1.165) is 57.4 Å². The van der Waals surface area contributed by atoms with Crippen LogP contribution in [0.15, 0.2) is 24.3 Å². The van der Waals surface area contributed by atoms with Gasteiger partial charge in [-0.15, -0.1) is 0 Å². The van der Waals surface area contributed by atoms with Crippen molar-refractivity contribution in [2.75, 3.05) is 26.2 Å². The Bertz CT molecular complexity index is 861. The highest BCUT2D eigenvalue weighted by Crippen LogP contribution is 2.32. The second-order valence-electron chi connectivity index (χ2n) is 10.7. The Balaban J connectivity index is 1.24. The second kappa shape index (κ2) is 9.84. The lowest BCUT2D eigenvalue weighted by Gasteiger charge is -2.42. The minimum absolute atomic E-state index is 0.171. The molecule has 3 amide bonds. The van der Waals surface area contributed by atoms with Crippen molar-refractivity contribution in [2.24, 2.45) is 0 Å². The van der Waals surface area contributed by atoms with Crippen molar-refractivity contribution in [3.05, 3.63) is 35.4 Å². The Morgan fingerprint density at radius 1 is 0.909 bits per heavy atom. The number of hydrogen-bond acceptors (Lipinski definition) is 5. The van der Waals surface area contributed by atoms with Gasteiger partial charge < -0.3 is 14.5 Å². The number of hydrogen-bond donors (Lipinski definition) is 1. The summed E-state index contributed by atoms with van der Waals surface area (Å²) in [7, 11) is 0. The Morgan fingerprint density at radius 2 is 1.52 bits per heavy atom. The summed E-state index contributed by atoms with van der Waals surface area (Å²) in [4.78, 5) is 40.3. The third-order valence-electron chi connectivity index (χ3n) is 7.21. The highest BCUT2D eigenvalue weighted by atomic mass is 16.6. The summed E-state index contributed by atoms with van der Waals surface area (Å²) in [5, 5.41) is 2.45. The van der Waals surface area contributed by atoms with Crippen molar-refractivity contribution in [2.45, 2.75) is 82.8 Å². The Labute approximate surface area is 196 Å². The van der Waals surface area contributed by atoms with E-state index in [1.54, 1.807) is 0 Å². The fourth-order valence-corrected chi connectivity index (χ4v) is 5.35. The topological polar surface area (TPSA) is 79.0 Å². The Kier molecular flexibility index (Phi) is 7.07. The van der Waals surface area contributed by atoms with Crippen LogP contribution in [0.1, 0.15) is 82.3 Å². The van der Waals surface area contributed by atoms with E-state index in [9.17, 15) is 14.4 Å². The van der Waals surface area contributed by atoms with Crippen molar-refractivity contribution < 1.29 is 19.1 Å². The average Bonchev–Trinajstić information content (AvgIpc) is 2.78. The van der Waals surface area contributed by atoms with Gasteiger partial charge in [-0.25, -0.2) is 4.79 Å². The molecule has 0 aromatic heterocycles. The van der Waals surface area contributed by atoms with Gasteiger partial charge in [-0.1, -0.05) is 24.3 Å². The van der Waals surface area contributed by atoms with Gasteiger partial charge in [0.05, 0.1) is 5.92 Å². The molecule has 1 aromatic carbocycles. The molecule has 4 rings (SSSR count). The number of benzene rings is 1. The van der Waals surface area contributed by atoms with Crippen LogP contribution in [0.5, 0.6) is 0 Å². The number of ether oxygens (including phenoxy) is 1. The number of rotatable bonds is 3. The highest BCUT2D eigenvalue weighted by molar-refractivity contribution is 6.00. The SMILES string of the molecule is CC(C)(C)OC(=O)N1CCC(N2CCC(c3ccc(C4CCC(=O)NC4=O)cc3)CC2)CC1. The molecule has 1 atom stereocenters. The van der Waals surface area contributed by atoms with Crippen molar-refractivity contribution in [3.63, 3.8) is 0 Å². The molecule has 3 heterocycles. The normalized spacial score (nSPS) is 24.0. The molecule has 0 spiro atoms. The first kappa shape index (κ1) is 23.7. The molecule has 1 N–H and O–H groups in total. The molecule has 1 aromatic rings. The van der Waals surface area contributed by atoms with Crippen molar-refractivity contribution in [3.8, 4) is 0 Å². The minimum Gasteiger partial charge on any atom is -0.444 e. The molecule has 7 heteroatoms. The predicted octanol–water partition coefficient (Wildman–Crippen LogP) is 3.79. The number of nitrogens with zero attached hydrogens (tertiary/aromatic N) is 2. The molecular weight excluding hydrogens is 418 g/mol. The van der Waals surface area contributed by atoms with Gasteiger partial charge in [-0.05, 0) is 83.0 Å². The molecule has 0 radical (unpaired) electrons. The number of carbonyl (C=O) groups excluding carboxylic acids is 3. The number of nitrogens with one attached hydrogen (secondary N) is 1. The van der Waals surface area contributed by atoms with Gasteiger partial charge in [0.2, 0.25) is 11.8 Å². The zero-order chi connectivity index (χ0) is 23.6. The van der Waals surface area contributed by atoms with Gasteiger partial charge in [0.25, 0.3) is 0 Å². The summed E-state index contributed by atoms with van der Waals surface area (Å²) in [6.07, 6.45) is 5.08. The average molecular weight is 456 g/mol. The van der Waals surface area contributed by atoms with E-state index in [-0.39, 0.29) is 23.8 Å². The molecule has 3 aliphatic heterocycles. The molecule has 180 valence electrons. The zero-order valence-corrected chi connectivity index (χ0v) is 20.1. The molecule has 0 bridgehead atoms. The van der Waals surface area contributed by atoms with Gasteiger partial charge in [0.15, 0.2) is 0 Å². The van der Waals surface area contributed by atoms with E-state index in [0.29, 0.717) is 24.8 Å². The van der Waals surface area contributed by atoms with Gasteiger partial charge in [-0.2, -0.15) is 0 Å². The van der Waals surface area contributed by atoms with Gasteiger partial charge in [0, 0.05) is 25.6 Å². The Morgan fingerprint density at radius 3 is 2.09 bits per heavy atom. The summed E-state index contributed by atoms with van der Waals surface area (Å²) in [6, 6.07) is 9.00. The van der Waals surface area contributed by atoms with Crippen LogP contribution in [0.3, 0.4) is 0 Å². The first-order valence-electron chi connectivity index (χ1n) is 12.3. The van der Waals surface area contributed by atoms with Crippen LogP contribution in [-0.2, 0) is 14.3 Å². The van der Waals surface area contributed by atoms with Crippen molar-refractivity contribution in [1.82, 2.24) is 15.1 Å². The van der Waals surface area contributed by atoms with Crippen LogP contribution < -0.4 is 5.32 Å². The van der Waals surface area contributed by atoms with Crippen molar-refractivity contribution >= 4 is 17.9 Å². The highest BCUT2D eigenvalue weighted by Gasteiger charge is 2.32. The van der Waals surface area contributed by atoms with Crippen LogP contribution in [0.4, 0.5) is 4.79 Å². The summed E-state index contributed by atoms with van der Waals surface area (Å²) in [6.45, 7) is 9.41. The lowest BCUT2D eigenvalue weighted by Crippen LogP contribution is -2.49. The van der Waals surface area contributed by atoms with Gasteiger partial charge >= 0.3 is 6.09 Å². The van der Waals surface area contributed by atoms with E-state index >= 15 is 0 Å². The summed E-state index contributed by atoms with van der Waals surface area (Å²) < 4.78 is 5.51. The summed E-state index contributed by atoms with van der Waals surface area (Å²) in [5.74, 6) is -0.0239. The molecule has 7 nitrogen and oxygen atoms in total. The van der Waals surface area contributed by atoms with E-state index in [1.165, 1.54) is 5.56 Å². The van der Waals surface area contributed by atoms with Crippen LogP contribution in [-0.4, -0.2) is 65.5 Å². The second-order valence-corrected chi connectivity index (χ2v) is 10.7. The summed E-state index contributed by atoms with van der Waals surface area (Å²) >= 11 is 0. The van der Waals surface area contributed by atoms with Crippen LogP contribution in [0, 0.1) is 0 Å². The molecule has 3 fully saturated rings. The lowest BCUT2D eigenvalue weighted by atomic mass is 9.85. The quantitative estimate of drug-likeness (QED) is 0.702. The number of likely N-dealkylation sites (tertiary alicyclic amines) is 2. The van der Waals surface area contributed by atoms with E-state index in [4.69, 9.17) is 4.74 Å². The molecule has 0 saturated carbocycles. The molecule has 0 aliphatic carbocycles. The lowest BCUT2D eigenvalue weighted by molar-refractivity contribution is -0.134. The number of piperidine rings is 3. The predicted molar refractivity (Wildman–Crippen MR) is 126 cm³/mol. The van der Waals surface area contributed by atoms with E-state index in [1.807, 2.05) is 25.7 Å². The maximum atomic E-state index is 12.3. The largest absolute Gasteiger partial charge is 0.444 e. The summed E-state index contributed by atoms with van der Waals surface area (Å²) in [5.41, 5.74) is 1.89. The third-order valence-corrected chi connectivity index (χ3v) is 7.21. The number of imide groups is 1. The van der Waals surface area contributed by atoms with Crippen LogP contribution in [0.25, 0.3) is 0 Å². The molecule has 1 unspecified atom stereocenters. The van der Waals surface area contributed by atoms with Crippen molar-refractivity contribution in [1.29, 1.82) is 0 Å². The third kappa shape index (κ3) is 5.94. The fraction of sp³-hybridized carbons (Fsp3) is 0.654. The number of amides is 3. The fourth-order valence-electron chi connectivity index (χ4n) is 5.35. The zero-order valence-electron chi connectivity index (χ0n) is 20.1. The molecule has 33 heavy (non-hydrogen) atoms. The van der Waals surface area contributed by atoms with E-state index in [2.05, 4.69) is 34.5 Å². The maximum absolute atomic E-state index is 12.3. The molecular formula is C26H37N3O4. The first-order valence-corrected chi connectivity index (χ1v) is 12.3. The molecule has 3 saturated heterocycles. The van der Waals surface area contributed by atoms with Crippen LogP contribution in [0.2, 0.25) is 0 Å². The van der Waals surface area contributed by atoms with Crippen LogP contribution >= 0.6 is 0 Å². The number of carbonyl (C=O) groups is 3. The molecule has 3 aliphatic rings. The van der Waals surface area contributed by atoms with E-state index < -0.39 is 5.60 Å².